The van der Waals surface area contributed by atoms with Crippen LogP contribution >= 0.6 is 23.7 Å². The second-order valence-electron chi connectivity index (χ2n) is 7.16. The molecular weight excluding hydrogens is 390 g/mol. The van der Waals surface area contributed by atoms with Crippen LogP contribution in [-0.4, -0.2) is 62.2 Å². The van der Waals surface area contributed by atoms with E-state index in [9.17, 15) is 9.59 Å². The van der Waals surface area contributed by atoms with E-state index in [0.29, 0.717) is 32.9 Å². The zero-order valence-corrected chi connectivity index (χ0v) is 16.8. The average molecular weight is 416 g/mol. The minimum Gasteiger partial charge on any atom is -0.379 e. The van der Waals surface area contributed by atoms with E-state index in [2.05, 4.69) is 5.32 Å². The van der Waals surface area contributed by atoms with E-state index < -0.39 is 0 Å². The molecule has 27 heavy (non-hydrogen) atoms. The van der Waals surface area contributed by atoms with E-state index in [1.54, 1.807) is 11.3 Å². The molecule has 1 unspecified atom stereocenters. The third-order valence-electron chi connectivity index (χ3n) is 5.59. The first-order valence-electron chi connectivity index (χ1n) is 9.25. The Balaban J connectivity index is 0.00000210. The number of halogens is 1. The zero-order valence-electron chi connectivity index (χ0n) is 15.2. The number of nitrogens with two attached hydrogens (primary N) is 1. The fourth-order valence-electron chi connectivity index (χ4n) is 4.09. The molecule has 0 radical (unpaired) electrons. The molecule has 2 saturated heterocycles. The summed E-state index contributed by atoms with van der Waals surface area (Å²) in [6.45, 7) is 3.30. The van der Waals surface area contributed by atoms with Crippen LogP contribution in [0.3, 0.4) is 0 Å². The second kappa shape index (κ2) is 8.45. The van der Waals surface area contributed by atoms with E-state index in [4.69, 9.17) is 15.2 Å². The molecule has 7 nitrogen and oxygen atoms in total. The van der Waals surface area contributed by atoms with Crippen molar-refractivity contribution < 1.29 is 19.1 Å². The molecule has 3 N–H and O–H groups in total. The first-order valence-corrected chi connectivity index (χ1v) is 10.1. The van der Waals surface area contributed by atoms with Crippen molar-refractivity contribution in [1.29, 1.82) is 0 Å². The summed E-state index contributed by atoms with van der Waals surface area (Å²) in [5.74, 6) is -0.0363. The van der Waals surface area contributed by atoms with Gasteiger partial charge in [0, 0.05) is 31.0 Å². The number of nitrogens with zero attached hydrogens (tertiary/aromatic N) is 1. The fraction of sp³-hybridized carbons (Fsp3) is 0.667. The molecule has 1 aromatic rings. The molecule has 0 bridgehead atoms. The predicted molar refractivity (Wildman–Crippen MR) is 104 cm³/mol. The second-order valence-corrected chi connectivity index (χ2v) is 8.30. The van der Waals surface area contributed by atoms with Gasteiger partial charge in [-0.3, -0.25) is 9.59 Å². The van der Waals surface area contributed by atoms with Crippen LogP contribution < -0.4 is 11.1 Å². The number of hydrogen-bond donors (Lipinski definition) is 2. The zero-order chi connectivity index (χ0) is 18.1. The van der Waals surface area contributed by atoms with Gasteiger partial charge in [0.05, 0.1) is 36.3 Å². The largest absolute Gasteiger partial charge is 0.379 e. The van der Waals surface area contributed by atoms with Crippen molar-refractivity contribution in [3.8, 4) is 0 Å². The van der Waals surface area contributed by atoms with Gasteiger partial charge in [0.2, 0.25) is 5.91 Å². The van der Waals surface area contributed by atoms with Crippen molar-refractivity contribution in [1.82, 2.24) is 10.2 Å². The van der Waals surface area contributed by atoms with Crippen molar-refractivity contribution in [2.75, 3.05) is 39.5 Å². The van der Waals surface area contributed by atoms with Crippen LogP contribution in [0, 0.1) is 0 Å². The van der Waals surface area contributed by atoms with Gasteiger partial charge in [-0.1, -0.05) is 0 Å². The van der Waals surface area contributed by atoms with Crippen molar-refractivity contribution in [2.24, 2.45) is 5.73 Å². The molecule has 0 aromatic carbocycles. The van der Waals surface area contributed by atoms with Gasteiger partial charge in [-0.2, -0.15) is 0 Å². The highest BCUT2D eigenvalue weighted by atomic mass is 35.5. The summed E-state index contributed by atoms with van der Waals surface area (Å²) in [6.07, 6.45) is 3.21. The van der Waals surface area contributed by atoms with E-state index in [-0.39, 0.29) is 42.4 Å². The van der Waals surface area contributed by atoms with Crippen LogP contribution in [0.1, 0.15) is 39.4 Å². The molecule has 1 atom stereocenters. The van der Waals surface area contributed by atoms with Crippen molar-refractivity contribution in [2.45, 2.75) is 37.3 Å². The minimum absolute atomic E-state index is 0. The third-order valence-corrected chi connectivity index (χ3v) is 6.79. The number of amides is 2. The number of piperidine rings is 1. The smallest absolute Gasteiger partial charge is 0.261 e. The Bertz CT molecular complexity index is 697. The van der Waals surface area contributed by atoms with Gasteiger partial charge < -0.3 is 25.4 Å². The molecule has 2 fully saturated rings. The quantitative estimate of drug-likeness (QED) is 0.769. The maximum atomic E-state index is 12.6. The summed E-state index contributed by atoms with van der Waals surface area (Å²) in [4.78, 5) is 28.2. The standard InChI is InChI=1S/C18H25N3O4S.ClH/c19-10-16(22)21-5-3-18(4-6-21)13-9-15(26-14(13)2-8-25-18)17(23)20-12-1-7-24-11-12;/h9,12H,1-8,10-11,19H2,(H,20,23);1H. The van der Waals surface area contributed by atoms with Gasteiger partial charge in [0.15, 0.2) is 0 Å². The molecule has 1 spiro atoms. The fourth-order valence-corrected chi connectivity index (χ4v) is 5.23. The number of ether oxygens (including phenoxy) is 2. The summed E-state index contributed by atoms with van der Waals surface area (Å²) in [6, 6.07) is 2.11. The lowest BCUT2D eigenvalue weighted by Gasteiger charge is -2.44. The number of carbonyl (C=O) groups excluding carboxylic acids is 2. The molecule has 4 rings (SSSR count). The van der Waals surface area contributed by atoms with Crippen LogP contribution in [0.5, 0.6) is 0 Å². The van der Waals surface area contributed by atoms with Crippen LogP contribution in [0.15, 0.2) is 6.07 Å². The number of likely N-dealkylation sites (tertiary alicyclic amines) is 1. The van der Waals surface area contributed by atoms with E-state index >= 15 is 0 Å². The predicted octanol–water partition coefficient (Wildman–Crippen LogP) is 1.04. The van der Waals surface area contributed by atoms with Crippen molar-refractivity contribution in [3.63, 3.8) is 0 Å². The van der Waals surface area contributed by atoms with Crippen LogP contribution in [0.4, 0.5) is 0 Å². The SMILES string of the molecule is Cl.NCC(=O)N1CCC2(CC1)OCCc1sc(C(=O)NC3CCOC3)cc12. The maximum Gasteiger partial charge on any atom is 0.261 e. The van der Waals surface area contributed by atoms with Crippen LogP contribution in [0.25, 0.3) is 0 Å². The summed E-state index contributed by atoms with van der Waals surface area (Å²) < 4.78 is 11.5. The first kappa shape index (κ1) is 20.5. The topological polar surface area (TPSA) is 93.9 Å². The van der Waals surface area contributed by atoms with E-state index in [1.807, 2.05) is 11.0 Å². The highest BCUT2D eigenvalue weighted by Crippen LogP contribution is 2.44. The lowest BCUT2D eigenvalue weighted by atomic mass is 9.82. The summed E-state index contributed by atoms with van der Waals surface area (Å²) >= 11 is 1.57. The summed E-state index contributed by atoms with van der Waals surface area (Å²) in [7, 11) is 0. The van der Waals surface area contributed by atoms with E-state index in [0.717, 1.165) is 36.1 Å². The van der Waals surface area contributed by atoms with Gasteiger partial charge in [0.1, 0.15) is 0 Å². The van der Waals surface area contributed by atoms with Gasteiger partial charge in [-0.25, -0.2) is 0 Å². The Morgan fingerprint density at radius 2 is 2.11 bits per heavy atom. The third kappa shape index (κ3) is 4.00. The lowest BCUT2D eigenvalue weighted by Crippen LogP contribution is -2.49. The Morgan fingerprint density at radius 1 is 1.33 bits per heavy atom. The van der Waals surface area contributed by atoms with Gasteiger partial charge in [-0.15, -0.1) is 23.7 Å². The average Bonchev–Trinajstić information content (AvgIpc) is 3.32. The number of thiophene rings is 1. The molecule has 9 heteroatoms. The summed E-state index contributed by atoms with van der Waals surface area (Å²) in [5.41, 5.74) is 6.25. The Kier molecular flexibility index (Phi) is 6.43. The highest BCUT2D eigenvalue weighted by Gasteiger charge is 2.43. The number of fused-ring (bicyclic) bond motifs is 2. The molecule has 150 valence electrons. The molecular formula is C18H26ClN3O4S. The normalized spacial score (nSPS) is 23.6. The molecule has 2 amide bonds. The van der Waals surface area contributed by atoms with Crippen molar-refractivity contribution >= 4 is 35.6 Å². The molecule has 0 saturated carbocycles. The number of hydrogen-bond acceptors (Lipinski definition) is 6. The first-order chi connectivity index (χ1) is 12.6. The van der Waals surface area contributed by atoms with E-state index in [1.165, 1.54) is 4.88 Å². The van der Waals surface area contributed by atoms with Crippen molar-refractivity contribution in [3.05, 3.63) is 21.4 Å². The van der Waals surface area contributed by atoms with Crippen LogP contribution in [0.2, 0.25) is 0 Å². The molecule has 0 aliphatic carbocycles. The molecule has 1 aromatic heterocycles. The minimum atomic E-state index is -0.371. The highest BCUT2D eigenvalue weighted by molar-refractivity contribution is 7.14. The number of nitrogens with one attached hydrogen (secondary N) is 1. The lowest BCUT2D eigenvalue weighted by molar-refractivity contribution is -0.139. The number of rotatable bonds is 3. The monoisotopic (exact) mass is 415 g/mol. The van der Waals surface area contributed by atoms with Crippen LogP contribution in [-0.2, 0) is 26.3 Å². The maximum absolute atomic E-state index is 12.6. The number of carbonyl (C=O) groups is 2. The van der Waals surface area contributed by atoms with Gasteiger partial charge >= 0.3 is 0 Å². The Labute approximate surface area is 169 Å². The molecule has 3 aliphatic heterocycles. The molecule has 3 aliphatic rings. The van der Waals surface area contributed by atoms with Gasteiger partial charge in [0.25, 0.3) is 5.91 Å². The Hall–Kier alpha value is -1.19. The van der Waals surface area contributed by atoms with Gasteiger partial charge in [-0.05, 0) is 30.9 Å². The Morgan fingerprint density at radius 3 is 2.78 bits per heavy atom. The summed E-state index contributed by atoms with van der Waals surface area (Å²) in [5, 5.41) is 3.06. The molecule has 4 heterocycles.